The van der Waals surface area contributed by atoms with E-state index in [0.717, 1.165) is 19.3 Å². The molecule has 18 heavy (non-hydrogen) atoms. The standard InChI is InChI=1S/C14H24O4/c1-5-8-9-12(14(16)17-7-3)10-18-13(15)11(4)6-2/h9,11H,5-8,10H2,1-4H3. The summed E-state index contributed by atoms with van der Waals surface area (Å²) in [6, 6.07) is 0. The summed E-state index contributed by atoms with van der Waals surface area (Å²) < 4.78 is 10.0. The highest BCUT2D eigenvalue weighted by Gasteiger charge is 2.16. The zero-order valence-corrected chi connectivity index (χ0v) is 11.8. The Morgan fingerprint density at radius 3 is 2.33 bits per heavy atom. The lowest BCUT2D eigenvalue weighted by molar-refractivity contribution is -0.148. The van der Waals surface area contributed by atoms with Gasteiger partial charge in [-0.3, -0.25) is 4.79 Å². The van der Waals surface area contributed by atoms with Gasteiger partial charge >= 0.3 is 11.9 Å². The van der Waals surface area contributed by atoms with Gasteiger partial charge in [0.2, 0.25) is 0 Å². The maximum absolute atomic E-state index is 11.6. The Kier molecular flexibility index (Phi) is 8.97. The third-order valence-electron chi connectivity index (χ3n) is 2.60. The second-order valence-corrected chi connectivity index (χ2v) is 4.16. The van der Waals surface area contributed by atoms with E-state index in [1.807, 2.05) is 20.8 Å². The minimum Gasteiger partial charge on any atom is -0.463 e. The summed E-state index contributed by atoms with van der Waals surface area (Å²) in [5.74, 6) is -0.813. The van der Waals surface area contributed by atoms with Crippen LogP contribution in [0.4, 0.5) is 0 Å². The Balaban J connectivity index is 4.42. The van der Waals surface area contributed by atoms with Crippen LogP contribution in [0.25, 0.3) is 0 Å². The molecule has 0 aromatic carbocycles. The number of carbonyl (C=O) groups excluding carboxylic acids is 2. The summed E-state index contributed by atoms with van der Waals surface area (Å²) in [6.45, 7) is 7.82. The minimum absolute atomic E-state index is 0.00199. The van der Waals surface area contributed by atoms with Crippen molar-refractivity contribution in [3.8, 4) is 0 Å². The van der Waals surface area contributed by atoms with Gasteiger partial charge in [0.1, 0.15) is 6.61 Å². The topological polar surface area (TPSA) is 52.6 Å². The van der Waals surface area contributed by atoms with Crippen LogP contribution in [0, 0.1) is 5.92 Å². The molecule has 0 saturated heterocycles. The summed E-state index contributed by atoms with van der Waals surface area (Å²) >= 11 is 0. The zero-order chi connectivity index (χ0) is 14.0. The molecule has 0 aromatic rings. The average Bonchev–Trinajstić information content (AvgIpc) is 2.37. The van der Waals surface area contributed by atoms with Crippen molar-refractivity contribution in [1.29, 1.82) is 0 Å². The summed E-state index contributed by atoms with van der Waals surface area (Å²) in [7, 11) is 0. The van der Waals surface area contributed by atoms with Gasteiger partial charge in [0.05, 0.1) is 18.1 Å². The molecule has 0 heterocycles. The van der Waals surface area contributed by atoms with Gasteiger partial charge in [-0.1, -0.05) is 33.3 Å². The van der Waals surface area contributed by atoms with E-state index in [9.17, 15) is 9.59 Å². The van der Waals surface area contributed by atoms with Crippen LogP contribution in [0.1, 0.15) is 47.0 Å². The molecule has 4 nitrogen and oxygen atoms in total. The predicted molar refractivity (Wildman–Crippen MR) is 70.0 cm³/mol. The number of hydrogen-bond donors (Lipinski definition) is 0. The summed E-state index contributed by atoms with van der Waals surface area (Å²) in [5.41, 5.74) is 0.426. The third-order valence-corrected chi connectivity index (χ3v) is 2.60. The summed E-state index contributed by atoms with van der Waals surface area (Å²) in [5, 5.41) is 0. The molecule has 104 valence electrons. The molecule has 0 aliphatic rings. The van der Waals surface area contributed by atoms with Gasteiger partial charge in [-0.2, -0.15) is 0 Å². The summed E-state index contributed by atoms with van der Waals surface area (Å²) in [4.78, 5) is 23.2. The van der Waals surface area contributed by atoms with Crippen molar-refractivity contribution in [2.75, 3.05) is 13.2 Å². The van der Waals surface area contributed by atoms with Crippen LogP contribution in [-0.2, 0) is 19.1 Å². The lowest BCUT2D eigenvalue weighted by Crippen LogP contribution is -2.19. The predicted octanol–water partition coefficient (Wildman–Crippen LogP) is 2.87. The molecule has 0 fully saturated rings. The monoisotopic (exact) mass is 256 g/mol. The zero-order valence-electron chi connectivity index (χ0n) is 11.8. The molecular weight excluding hydrogens is 232 g/mol. The molecule has 0 aliphatic heterocycles. The van der Waals surface area contributed by atoms with E-state index in [2.05, 4.69) is 0 Å². The first-order valence-electron chi connectivity index (χ1n) is 6.59. The van der Waals surface area contributed by atoms with Gasteiger partial charge < -0.3 is 9.47 Å². The van der Waals surface area contributed by atoms with Crippen LogP contribution in [-0.4, -0.2) is 25.2 Å². The molecule has 0 radical (unpaired) electrons. The van der Waals surface area contributed by atoms with Crippen LogP contribution in [0.2, 0.25) is 0 Å². The van der Waals surface area contributed by atoms with E-state index >= 15 is 0 Å². The van der Waals surface area contributed by atoms with Gasteiger partial charge in [-0.25, -0.2) is 4.79 Å². The van der Waals surface area contributed by atoms with Gasteiger partial charge in [-0.15, -0.1) is 0 Å². The Hall–Kier alpha value is -1.32. The Morgan fingerprint density at radius 1 is 1.17 bits per heavy atom. The van der Waals surface area contributed by atoms with Crippen molar-refractivity contribution in [3.63, 3.8) is 0 Å². The fourth-order valence-corrected chi connectivity index (χ4v) is 1.20. The fraction of sp³-hybridized carbons (Fsp3) is 0.714. The number of rotatable bonds is 8. The number of ether oxygens (including phenoxy) is 2. The molecule has 0 amide bonds. The van der Waals surface area contributed by atoms with Crippen molar-refractivity contribution in [3.05, 3.63) is 11.6 Å². The van der Waals surface area contributed by atoms with Crippen molar-refractivity contribution in [1.82, 2.24) is 0 Å². The third kappa shape index (κ3) is 6.42. The molecule has 0 spiro atoms. The van der Waals surface area contributed by atoms with E-state index in [4.69, 9.17) is 9.47 Å². The molecule has 4 heteroatoms. The first-order valence-corrected chi connectivity index (χ1v) is 6.59. The second-order valence-electron chi connectivity index (χ2n) is 4.16. The van der Waals surface area contributed by atoms with Crippen LogP contribution >= 0.6 is 0 Å². The first-order chi connectivity index (χ1) is 8.56. The maximum atomic E-state index is 11.6. The SMILES string of the molecule is CCCC=C(COC(=O)C(C)CC)C(=O)OCC. The number of esters is 2. The van der Waals surface area contributed by atoms with E-state index in [-0.39, 0.29) is 18.5 Å². The highest BCUT2D eigenvalue weighted by molar-refractivity contribution is 5.89. The lowest BCUT2D eigenvalue weighted by Gasteiger charge is -2.11. The van der Waals surface area contributed by atoms with Crippen LogP contribution in [0.5, 0.6) is 0 Å². The molecule has 0 bridgehead atoms. The van der Waals surface area contributed by atoms with E-state index in [1.165, 1.54) is 0 Å². The minimum atomic E-state index is -0.400. The smallest absolute Gasteiger partial charge is 0.337 e. The first kappa shape index (κ1) is 16.7. The molecule has 0 aromatic heterocycles. The Labute approximate surface area is 109 Å². The number of hydrogen-bond acceptors (Lipinski definition) is 4. The molecule has 0 N–H and O–H groups in total. The molecule has 1 atom stereocenters. The number of allylic oxidation sites excluding steroid dienone is 1. The van der Waals surface area contributed by atoms with Crippen LogP contribution in [0.3, 0.4) is 0 Å². The van der Waals surface area contributed by atoms with Gasteiger partial charge in [-0.05, 0) is 19.8 Å². The molecule has 0 aliphatic carbocycles. The fourth-order valence-electron chi connectivity index (χ4n) is 1.20. The van der Waals surface area contributed by atoms with Gasteiger partial charge in [0, 0.05) is 0 Å². The van der Waals surface area contributed by atoms with Crippen molar-refractivity contribution in [2.45, 2.75) is 47.0 Å². The highest BCUT2D eigenvalue weighted by Crippen LogP contribution is 2.08. The Bertz CT molecular complexity index is 294. The van der Waals surface area contributed by atoms with Gasteiger partial charge in [0.15, 0.2) is 0 Å². The van der Waals surface area contributed by atoms with Crippen molar-refractivity contribution in [2.24, 2.45) is 5.92 Å². The van der Waals surface area contributed by atoms with Crippen LogP contribution < -0.4 is 0 Å². The Morgan fingerprint density at radius 2 is 1.83 bits per heavy atom. The quantitative estimate of drug-likeness (QED) is 0.495. The van der Waals surface area contributed by atoms with E-state index in [1.54, 1.807) is 13.0 Å². The summed E-state index contributed by atoms with van der Waals surface area (Å²) in [6.07, 6.45) is 4.21. The van der Waals surface area contributed by atoms with Gasteiger partial charge in [0.25, 0.3) is 0 Å². The lowest BCUT2D eigenvalue weighted by atomic mass is 10.1. The normalized spacial score (nSPS) is 13.0. The van der Waals surface area contributed by atoms with E-state index < -0.39 is 5.97 Å². The second kappa shape index (κ2) is 9.68. The average molecular weight is 256 g/mol. The maximum Gasteiger partial charge on any atom is 0.337 e. The van der Waals surface area contributed by atoms with Crippen molar-refractivity contribution < 1.29 is 19.1 Å². The molecule has 0 saturated carbocycles. The van der Waals surface area contributed by atoms with E-state index in [0.29, 0.717) is 12.2 Å². The molecular formula is C14H24O4. The van der Waals surface area contributed by atoms with Crippen molar-refractivity contribution >= 4 is 11.9 Å². The molecule has 1 unspecified atom stereocenters. The highest BCUT2D eigenvalue weighted by atomic mass is 16.5. The number of unbranched alkanes of at least 4 members (excludes halogenated alkanes) is 1. The largest absolute Gasteiger partial charge is 0.463 e. The molecule has 0 rings (SSSR count). The number of carbonyl (C=O) groups is 2. The van der Waals surface area contributed by atoms with Crippen LogP contribution in [0.15, 0.2) is 11.6 Å².